The molecule has 2 fully saturated rings. The Balaban J connectivity index is 1.36. The lowest BCUT2D eigenvalue weighted by atomic mass is 9.86. The number of hydrogen-bond donors (Lipinski definition) is 4. The molecule has 3 aliphatic rings. The predicted octanol–water partition coefficient (Wildman–Crippen LogP) is 0.602. The first-order valence-corrected chi connectivity index (χ1v) is 10.9. The lowest BCUT2D eigenvalue weighted by Gasteiger charge is -2.46. The van der Waals surface area contributed by atoms with Crippen molar-refractivity contribution < 1.29 is 39.4 Å². The summed E-state index contributed by atoms with van der Waals surface area (Å²) in [5.74, 6) is -0.815. The summed E-state index contributed by atoms with van der Waals surface area (Å²) in [6.45, 7) is 1.05. The summed E-state index contributed by atoms with van der Waals surface area (Å²) >= 11 is 0. The normalized spacial score (nSPS) is 34.1. The Morgan fingerprint density at radius 2 is 1.78 bits per heavy atom. The molecular formula is C24H28O8. The van der Waals surface area contributed by atoms with Crippen molar-refractivity contribution in [3.63, 3.8) is 0 Å². The molecule has 8 heteroatoms. The molecule has 0 aliphatic carbocycles. The van der Waals surface area contributed by atoms with Crippen LogP contribution in [0.15, 0.2) is 42.5 Å². The van der Waals surface area contributed by atoms with Crippen LogP contribution in [0.3, 0.4) is 0 Å². The Bertz CT molecular complexity index is 940. The molecule has 0 bridgehead atoms. The van der Waals surface area contributed by atoms with E-state index in [2.05, 4.69) is 0 Å². The number of aliphatic hydroxyl groups is 4. The third-order valence-electron chi connectivity index (χ3n) is 6.46. The van der Waals surface area contributed by atoms with Gasteiger partial charge in [-0.3, -0.25) is 0 Å². The minimum Gasteiger partial charge on any atom is -0.488 e. The summed E-state index contributed by atoms with van der Waals surface area (Å²) in [6.07, 6.45) is -3.83. The molecule has 3 aliphatic heterocycles. The number of benzene rings is 2. The van der Waals surface area contributed by atoms with E-state index in [4.69, 9.17) is 18.9 Å². The molecule has 2 aromatic carbocycles. The Labute approximate surface area is 185 Å². The predicted molar refractivity (Wildman–Crippen MR) is 112 cm³/mol. The van der Waals surface area contributed by atoms with Crippen LogP contribution in [0.4, 0.5) is 0 Å². The molecule has 8 nitrogen and oxygen atoms in total. The van der Waals surface area contributed by atoms with E-state index in [0.717, 1.165) is 35.5 Å². The van der Waals surface area contributed by atoms with Crippen LogP contribution in [0.5, 0.6) is 5.75 Å². The molecule has 3 heterocycles. The van der Waals surface area contributed by atoms with Gasteiger partial charge in [0.05, 0.1) is 26.4 Å². The van der Waals surface area contributed by atoms with Gasteiger partial charge >= 0.3 is 0 Å². The van der Waals surface area contributed by atoms with Crippen molar-refractivity contribution >= 4 is 0 Å². The molecule has 2 aromatic rings. The average molecular weight is 444 g/mol. The topological polar surface area (TPSA) is 118 Å². The van der Waals surface area contributed by atoms with Gasteiger partial charge in [0.2, 0.25) is 5.79 Å². The highest BCUT2D eigenvalue weighted by Gasteiger charge is 2.58. The molecule has 1 unspecified atom stereocenters. The highest BCUT2D eigenvalue weighted by atomic mass is 16.7. The second-order valence-corrected chi connectivity index (χ2v) is 8.64. The van der Waals surface area contributed by atoms with Crippen LogP contribution in [-0.4, -0.2) is 70.8 Å². The minimum absolute atomic E-state index is 0.104. The van der Waals surface area contributed by atoms with Crippen molar-refractivity contribution in [1.29, 1.82) is 0 Å². The van der Waals surface area contributed by atoms with Crippen LogP contribution in [0.2, 0.25) is 0 Å². The Hall–Kier alpha value is -2.04. The van der Waals surface area contributed by atoms with Gasteiger partial charge in [-0.05, 0) is 41.3 Å². The fraction of sp³-hybridized carbons (Fsp3) is 0.500. The molecule has 0 radical (unpaired) electrons. The molecule has 4 N–H and O–H groups in total. The zero-order valence-corrected chi connectivity index (χ0v) is 17.6. The quantitative estimate of drug-likeness (QED) is 0.530. The van der Waals surface area contributed by atoms with Crippen LogP contribution in [-0.2, 0) is 33.0 Å². The summed E-state index contributed by atoms with van der Waals surface area (Å²) < 4.78 is 22.9. The summed E-state index contributed by atoms with van der Waals surface area (Å²) in [4.78, 5) is 0. The van der Waals surface area contributed by atoms with Crippen molar-refractivity contribution in [2.45, 2.75) is 55.8 Å². The van der Waals surface area contributed by atoms with Crippen LogP contribution in [0.25, 0.3) is 0 Å². The first-order chi connectivity index (χ1) is 15.5. The molecule has 32 heavy (non-hydrogen) atoms. The third-order valence-corrected chi connectivity index (χ3v) is 6.46. The zero-order chi connectivity index (χ0) is 22.3. The third kappa shape index (κ3) is 3.82. The molecule has 0 aromatic heterocycles. The Morgan fingerprint density at radius 1 is 1.00 bits per heavy atom. The number of ether oxygens (including phenoxy) is 4. The molecule has 5 rings (SSSR count). The second-order valence-electron chi connectivity index (χ2n) is 8.64. The van der Waals surface area contributed by atoms with Gasteiger partial charge in [-0.1, -0.05) is 24.3 Å². The first kappa shape index (κ1) is 21.8. The van der Waals surface area contributed by atoms with E-state index in [-0.39, 0.29) is 12.7 Å². The van der Waals surface area contributed by atoms with Gasteiger partial charge in [0.1, 0.15) is 36.3 Å². The SMILES string of the molecule is OC[C@H]1OC2(OCc3ccc(Cc4ccc(O[C@H]5CCOC5)cc4)cc32)[C@H](O)[C@@H](O)[C@@H]1O. The Kier molecular flexibility index (Phi) is 5.94. The molecular weight excluding hydrogens is 416 g/mol. The van der Waals surface area contributed by atoms with Gasteiger partial charge in [-0.15, -0.1) is 0 Å². The summed E-state index contributed by atoms with van der Waals surface area (Å²) in [5.41, 5.74) is 3.49. The highest BCUT2D eigenvalue weighted by molar-refractivity contribution is 5.41. The second kappa shape index (κ2) is 8.72. The van der Waals surface area contributed by atoms with Crippen LogP contribution in [0.1, 0.15) is 28.7 Å². The molecule has 6 atom stereocenters. The van der Waals surface area contributed by atoms with Crippen molar-refractivity contribution in [3.05, 3.63) is 64.7 Å². The standard InChI is InChI=1S/C24H28O8/c25-11-20-21(26)22(27)23(28)24(32-20)19-10-15(1-4-16(19)12-30-24)9-14-2-5-17(6-3-14)31-18-7-8-29-13-18/h1-6,10,18,20-23,25-28H,7-9,11-13H2/t18-,20+,21+,22-,23+,24?/m0/s1. The van der Waals surface area contributed by atoms with Gasteiger partial charge < -0.3 is 39.4 Å². The maximum Gasteiger partial charge on any atom is 0.225 e. The molecule has 0 amide bonds. The summed E-state index contributed by atoms with van der Waals surface area (Å²) in [7, 11) is 0. The highest BCUT2D eigenvalue weighted by Crippen LogP contribution is 2.46. The van der Waals surface area contributed by atoms with Crippen LogP contribution < -0.4 is 4.74 Å². The first-order valence-electron chi connectivity index (χ1n) is 10.9. The van der Waals surface area contributed by atoms with E-state index in [1.165, 1.54) is 0 Å². The van der Waals surface area contributed by atoms with E-state index in [9.17, 15) is 20.4 Å². The molecule has 2 saturated heterocycles. The fourth-order valence-corrected chi connectivity index (χ4v) is 4.65. The molecule has 0 saturated carbocycles. The smallest absolute Gasteiger partial charge is 0.225 e. The van der Waals surface area contributed by atoms with E-state index in [1.807, 2.05) is 42.5 Å². The van der Waals surface area contributed by atoms with Gasteiger partial charge in [-0.2, -0.15) is 0 Å². The molecule has 172 valence electrons. The maximum absolute atomic E-state index is 10.7. The van der Waals surface area contributed by atoms with Crippen molar-refractivity contribution in [3.8, 4) is 5.75 Å². The van der Waals surface area contributed by atoms with Crippen LogP contribution in [0, 0.1) is 0 Å². The largest absolute Gasteiger partial charge is 0.488 e. The van der Waals surface area contributed by atoms with Crippen molar-refractivity contribution in [2.24, 2.45) is 0 Å². The number of rotatable bonds is 5. The number of hydrogen-bond acceptors (Lipinski definition) is 8. The average Bonchev–Trinajstić information content (AvgIpc) is 3.45. The monoisotopic (exact) mass is 444 g/mol. The van der Waals surface area contributed by atoms with E-state index in [0.29, 0.717) is 18.6 Å². The fourth-order valence-electron chi connectivity index (χ4n) is 4.65. The zero-order valence-electron chi connectivity index (χ0n) is 17.6. The van der Waals surface area contributed by atoms with Gasteiger partial charge in [0.25, 0.3) is 0 Å². The lowest BCUT2D eigenvalue weighted by molar-refractivity contribution is -0.368. The van der Waals surface area contributed by atoms with Gasteiger partial charge in [0.15, 0.2) is 0 Å². The van der Waals surface area contributed by atoms with Crippen molar-refractivity contribution in [2.75, 3.05) is 19.8 Å². The lowest BCUT2D eigenvalue weighted by Crippen LogP contribution is -2.63. The summed E-state index contributed by atoms with van der Waals surface area (Å²) in [6, 6.07) is 13.7. The van der Waals surface area contributed by atoms with E-state index < -0.39 is 36.8 Å². The molecule has 1 spiro atoms. The van der Waals surface area contributed by atoms with E-state index >= 15 is 0 Å². The maximum atomic E-state index is 10.7. The van der Waals surface area contributed by atoms with E-state index in [1.54, 1.807) is 0 Å². The number of fused-ring (bicyclic) bond motifs is 2. The van der Waals surface area contributed by atoms with Crippen LogP contribution >= 0.6 is 0 Å². The summed E-state index contributed by atoms with van der Waals surface area (Å²) in [5, 5.41) is 40.7. The van der Waals surface area contributed by atoms with Crippen molar-refractivity contribution in [1.82, 2.24) is 0 Å². The Morgan fingerprint density at radius 3 is 2.50 bits per heavy atom. The van der Waals surface area contributed by atoms with Gasteiger partial charge in [0, 0.05) is 12.0 Å². The van der Waals surface area contributed by atoms with Gasteiger partial charge in [-0.25, -0.2) is 0 Å². The number of aliphatic hydroxyl groups excluding tert-OH is 4. The minimum atomic E-state index is -1.63.